The first-order valence-electron chi connectivity index (χ1n) is 7.21. The lowest BCUT2D eigenvalue weighted by Gasteiger charge is -2.21. The fraction of sp³-hybridized carbons (Fsp3) is 0.600. The van der Waals surface area contributed by atoms with E-state index in [1.807, 2.05) is 6.07 Å². The lowest BCUT2D eigenvalue weighted by atomic mass is 9.92. The Kier molecular flexibility index (Phi) is 4.22. The zero-order chi connectivity index (χ0) is 15.8. The van der Waals surface area contributed by atoms with Crippen LogP contribution in [0.3, 0.4) is 0 Å². The van der Waals surface area contributed by atoms with Crippen molar-refractivity contribution in [3.8, 4) is 0 Å². The van der Waals surface area contributed by atoms with Crippen molar-refractivity contribution >= 4 is 21.4 Å². The van der Waals surface area contributed by atoms with Crippen LogP contribution in [-0.2, 0) is 10.0 Å². The van der Waals surface area contributed by atoms with E-state index in [0.717, 1.165) is 12.8 Å². The molecule has 5 nitrogen and oxygen atoms in total. The minimum atomic E-state index is -3.52. The fourth-order valence-corrected chi connectivity index (χ4v) is 3.90. The van der Waals surface area contributed by atoms with E-state index in [1.54, 1.807) is 12.1 Å². The number of nitrogens with two attached hydrogens (primary N) is 1. The van der Waals surface area contributed by atoms with Gasteiger partial charge in [0.25, 0.3) is 0 Å². The minimum Gasteiger partial charge on any atom is -0.396 e. The molecule has 0 bridgehead atoms. The van der Waals surface area contributed by atoms with E-state index >= 15 is 0 Å². The summed E-state index contributed by atoms with van der Waals surface area (Å²) in [5.74, 6) is 0. The number of hydrogen-bond donors (Lipinski definition) is 2. The summed E-state index contributed by atoms with van der Waals surface area (Å²) >= 11 is 0. The van der Waals surface area contributed by atoms with E-state index in [9.17, 15) is 8.42 Å². The molecule has 1 aromatic carbocycles. The number of benzene rings is 1. The Hall–Kier alpha value is -1.27. The molecule has 1 fully saturated rings. The molecule has 118 valence electrons. The van der Waals surface area contributed by atoms with Gasteiger partial charge in [-0.25, -0.2) is 12.7 Å². The van der Waals surface area contributed by atoms with Gasteiger partial charge in [0.1, 0.15) is 4.90 Å². The lowest BCUT2D eigenvalue weighted by molar-refractivity contribution is 0.378. The van der Waals surface area contributed by atoms with Crippen LogP contribution in [0.2, 0.25) is 0 Å². The van der Waals surface area contributed by atoms with Gasteiger partial charge in [-0.3, -0.25) is 0 Å². The number of rotatable bonds is 4. The minimum absolute atomic E-state index is 0.162. The van der Waals surface area contributed by atoms with E-state index in [-0.39, 0.29) is 4.90 Å². The monoisotopic (exact) mass is 311 g/mol. The molecule has 1 unspecified atom stereocenters. The van der Waals surface area contributed by atoms with Crippen LogP contribution in [0.25, 0.3) is 0 Å². The fourth-order valence-electron chi connectivity index (χ4n) is 2.87. The Morgan fingerprint density at radius 1 is 1.33 bits per heavy atom. The van der Waals surface area contributed by atoms with E-state index in [0.29, 0.717) is 22.8 Å². The Labute approximate surface area is 127 Å². The summed E-state index contributed by atoms with van der Waals surface area (Å²) < 4.78 is 25.7. The molecule has 1 saturated carbocycles. The number of sulfonamides is 1. The summed E-state index contributed by atoms with van der Waals surface area (Å²) in [6.07, 6.45) is 3.31. The van der Waals surface area contributed by atoms with E-state index in [1.165, 1.54) is 24.8 Å². The van der Waals surface area contributed by atoms with Crippen LogP contribution in [0.4, 0.5) is 11.4 Å². The number of anilines is 2. The number of nitrogens with one attached hydrogen (secondary N) is 1. The number of nitrogen functional groups attached to an aromatic ring is 1. The molecule has 1 aromatic rings. The van der Waals surface area contributed by atoms with E-state index in [2.05, 4.69) is 19.2 Å². The van der Waals surface area contributed by atoms with Gasteiger partial charge in [0, 0.05) is 20.1 Å². The lowest BCUT2D eigenvalue weighted by Crippen LogP contribution is -2.24. The maximum Gasteiger partial charge on any atom is 0.244 e. The van der Waals surface area contributed by atoms with Crippen molar-refractivity contribution in [1.82, 2.24) is 4.31 Å². The van der Waals surface area contributed by atoms with Crippen LogP contribution in [0.5, 0.6) is 0 Å². The predicted octanol–water partition coefficient (Wildman–Crippen LogP) is 2.51. The second-order valence-electron chi connectivity index (χ2n) is 6.75. The molecule has 0 aliphatic heterocycles. The van der Waals surface area contributed by atoms with Crippen LogP contribution in [0, 0.1) is 5.41 Å². The van der Waals surface area contributed by atoms with Gasteiger partial charge in [-0.2, -0.15) is 0 Å². The van der Waals surface area contributed by atoms with Crippen molar-refractivity contribution in [1.29, 1.82) is 0 Å². The average molecular weight is 311 g/mol. The summed E-state index contributed by atoms with van der Waals surface area (Å²) in [5, 5.41) is 3.41. The second-order valence-corrected chi connectivity index (χ2v) is 8.87. The summed E-state index contributed by atoms with van der Waals surface area (Å²) in [6, 6.07) is 5.47. The molecular formula is C15H25N3O2S. The van der Waals surface area contributed by atoms with E-state index < -0.39 is 10.0 Å². The highest BCUT2D eigenvalue weighted by molar-refractivity contribution is 7.89. The van der Waals surface area contributed by atoms with Gasteiger partial charge in [0.05, 0.1) is 11.4 Å². The molecule has 0 saturated heterocycles. The van der Waals surface area contributed by atoms with Crippen molar-refractivity contribution in [2.75, 3.05) is 25.1 Å². The van der Waals surface area contributed by atoms with E-state index in [4.69, 9.17) is 5.73 Å². The first-order chi connectivity index (χ1) is 9.63. The number of para-hydroxylation sites is 1. The summed E-state index contributed by atoms with van der Waals surface area (Å²) in [7, 11) is -0.502. The number of nitrogens with zero attached hydrogens (tertiary/aromatic N) is 1. The van der Waals surface area contributed by atoms with Crippen LogP contribution >= 0.6 is 0 Å². The average Bonchev–Trinajstić information content (AvgIpc) is 2.71. The summed E-state index contributed by atoms with van der Waals surface area (Å²) in [4.78, 5) is 0.162. The van der Waals surface area contributed by atoms with Gasteiger partial charge in [-0.1, -0.05) is 19.9 Å². The third-order valence-electron chi connectivity index (χ3n) is 4.15. The first-order valence-corrected chi connectivity index (χ1v) is 8.65. The Balaban J connectivity index is 2.27. The Bertz CT molecular complexity index is 624. The molecule has 0 aromatic heterocycles. The molecule has 1 aliphatic rings. The quantitative estimate of drug-likeness (QED) is 0.838. The third kappa shape index (κ3) is 3.32. The molecule has 0 radical (unpaired) electrons. The van der Waals surface area contributed by atoms with Crippen molar-refractivity contribution in [2.24, 2.45) is 5.41 Å². The van der Waals surface area contributed by atoms with Gasteiger partial charge in [-0.05, 0) is 36.8 Å². The molecule has 1 aliphatic carbocycles. The van der Waals surface area contributed by atoms with Gasteiger partial charge in [0.15, 0.2) is 0 Å². The largest absolute Gasteiger partial charge is 0.396 e. The third-order valence-corrected chi connectivity index (χ3v) is 6.03. The number of hydrogen-bond acceptors (Lipinski definition) is 4. The van der Waals surface area contributed by atoms with Crippen molar-refractivity contribution in [3.63, 3.8) is 0 Å². The SMILES string of the molecule is CN(C)S(=O)(=O)c1cccc(NC2CCC(C)(C)C2)c1N. The second kappa shape index (κ2) is 5.50. The normalized spacial score (nSPS) is 21.7. The summed E-state index contributed by atoms with van der Waals surface area (Å²) in [6.45, 7) is 4.51. The van der Waals surface area contributed by atoms with Crippen LogP contribution < -0.4 is 11.1 Å². The summed E-state index contributed by atoms with van der Waals surface area (Å²) in [5.41, 5.74) is 7.43. The molecule has 0 heterocycles. The highest BCUT2D eigenvalue weighted by Gasteiger charge is 2.31. The molecule has 0 amide bonds. The van der Waals surface area contributed by atoms with Gasteiger partial charge in [-0.15, -0.1) is 0 Å². The topological polar surface area (TPSA) is 75.4 Å². The van der Waals surface area contributed by atoms with Crippen LogP contribution in [0.15, 0.2) is 23.1 Å². The Morgan fingerprint density at radius 2 is 2.00 bits per heavy atom. The first kappa shape index (κ1) is 16.1. The molecule has 21 heavy (non-hydrogen) atoms. The molecule has 6 heteroatoms. The smallest absolute Gasteiger partial charge is 0.244 e. The molecule has 0 spiro atoms. The van der Waals surface area contributed by atoms with Crippen molar-refractivity contribution in [2.45, 2.75) is 44.0 Å². The molecule has 3 N–H and O–H groups in total. The molecular weight excluding hydrogens is 286 g/mol. The van der Waals surface area contributed by atoms with Crippen LogP contribution in [-0.4, -0.2) is 32.9 Å². The zero-order valence-electron chi connectivity index (χ0n) is 13.2. The van der Waals surface area contributed by atoms with Crippen molar-refractivity contribution < 1.29 is 8.42 Å². The predicted molar refractivity (Wildman–Crippen MR) is 86.8 cm³/mol. The van der Waals surface area contributed by atoms with Gasteiger partial charge >= 0.3 is 0 Å². The molecule has 1 atom stereocenters. The highest BCUT2D eigenvalue weighted by atomic mass is 32.2. The van der Waals surface area contributed by atoms with Crippen LogP contribution in [0.1, 0.15) is 33.1 Å². The van der Waals surface area contributed by atoms with Gasteiger partial charge in [0.2, 0.25) is 10.0 Å². The molecule has 2 rings (SSSR count). The van der Waals surface area contributed by atoms with Crippen molar-refractivity contribution in [3.05, 3.63) is 18.2 Å². The standard InChI is InChI=1S/C15H25N3O2S/c1-15(2)9-8-11(10-15)17-12-6-5-7-13(14(12)16)21(19,20)18(3)4/h5-7,11,17H,8-10,16H2,1-4H3. The Morgan fingerprint density at radius 3 is 2.52 bits per heavy atom. The maximum atomic E-state index is 12.3. The van der Waals surface area contributed by atoms with Gasteiger partial charge < -0.3 is 11.1 Å². The maximum absolute atomic E-state index is 12.3. The zero-order valence-corrected chi connectivity index (χ0v) is 14.0. The highest BCUT2D eigenvalue weighted by Crippen LogP contribution is 2.39.